The molecule has 1 aromatic rings. The van der Waals surface area contributed by atoms with Crippen LogP contribution >= 0.6 is 0 Å². The number of hydrogen-bond acceptors (Lipinski definition) is 3. The van der Waals surface area contributed by atoms with Gasteiger partial charge in [0.1, 0.15) is 0 Å². The maximum Gasteiger partial charge on any atom is 0.238 e. The molecule has 4 heteroatoms. The third kappa shape index (κ3) is 4.65. The first-order chi connectivity index (χ1) is 8.86. The monoisotopic (exact) mass is 264 g/mol. The second-order valence-corrected chi connectivity index (χ2v) is 5.77. The van der Waals surface area contributed by atoms with E-state index in [9.17, 15) is 4.79 Å². The van der Waals surface area contributed by atoms with E-state index in [-0.39, 0.29) is 17.4 Å². The summed E-state index contributed by atoms with van der Waals surface area (Å²) in [4.78, 5) is 12.2. The van der Waals surface area contributed by atoms with E-state index in [0.717, 1.165) is 5.56 Å². The topological polar surface area (TPSA) is 64.3 Å². The fourth-order valence-corrected chi connectivity index (χ4v) is 1.73. The molecule has 0 bridgehead atoms. The molecule has 0 aromatic heterocycles. The zero-order valence-corrected chi connectivity index (χ0v) is 12.1. The fraction of sp³-hybridized carbons (Fsp3) is 0.533. The van der Waals surface area contributed by atoms with Gasteiger partial charge in [-0.25, -0.2) is 0 Å². The first kappa shape index (κ1) is 15.7. The maximum atomic E-state index is 12.2. The number of hydrogen-bond donors (Lipinski definition) is 2. The van der Waals surface area contributed by atoms with Crippen molar-refractivity contribution in [3.8, 4) is 0 Å². The largest absolute Gasteiger partial charge is 0.382 e. The third-order valence-electron chi connectivity index (χ3n) is 3.07. The normalized spacial score (nSPS) is 14.8. The van der Waals surface area contributed by atoms with E-state index in [0.29, 0.717) is 6.61 Å². The number of rotatable bonds is 5. The predicted octanol–water partition coefficient (Wildman–Crippen LogP) is 1.86. The van der Waals surface area contributed by atoms with Gasteiger partial charge in [-0.15, -0.1) is 0 Å². The molecule has 0 aliphatic carbocycles. The lowest BCUT2D eigenvalue weighted by Gasteiger charge is -2.28. The number of nitrogens with one attached hydrogen (secondary N) is 1. The molecule has 1 rings (SSSR count). The summed E-state index contributed by atoms with van der Waals surface area (Å²) in [7, 11) is 1.62. The summed E-state index contributed by atoms with van der Waals surface area (Å²) in [6.45, 7) is 6.27. The number of methoxy groups -OCH3 is 1. The van der Waals surface area contributed by atoms with Gasteiger partial charge in [-0.3, -0.25) is 4.79 Å². The molecule has 2 atom stereocenters. The van der Waals surface area contributed by atoms with Crippen molar-refractivity contribution in [3.63, 3.8) is 0 Å². The first-order valence-electron chi connectivity index (χ1n) is 6.46. The number of ether oxygens (including phenoxy) is 1. The zero-order valence-electron chi connectivity index (χ0n) is 12.1. The Hall–Kier alpha value is -1.39. The third-order valence-corrected chi connectivity index (χ3v) is 3.07. The summed E-state index contributed by atoms with van der Waals surface area (Å²) in [5, 5.41) is 2.95. The molecule has 0 saturated heterocycles. The van der Waals surface area contributed by atoms with Gasteiger partial charge in [-0.2, -0.15) is 0 Å². The summed E-state index contributed by atoms with van der Waals surface area (Å²) < 4.78 is 5.17. The molecule has 0 fully saturated rings. The van der Waals surface area contributed by atoms with Gasteiger partial charge in [-0.1, -0.05) is 51.1 Å². The van der Waals surface area contributed by atoms with Gasteiger partial charge in [0.2, 0.25) is 5.91 Å². The lowest BCUT2D eigenvalue weighted by Crippen LogP contribution is -2.50. The van der Waals surface area contributed by atoms with E-state index < -0.39 is 6.04 Å². The average molecular weight is 264 g/mol. The van der Waals surface area contributed by atoms with E-state index in [4.69, 9.17) is 10.5 Å². The quantitative estimate of drug-likeness (QED) is 0.853. The maximum absolute atomic E-state index is 12.2. The predicted molar refractivity (Wildman–Crippen MR) is 76.6 cm³/mol. The Labute approximate surface area is 115 Å². The van der Waals surface area contributed by atoms with Crippen LogP contribution in [0.15, 0.2) is 30.3 Å². The van der Waals surface area contributed by atoms with Crippen LogP contribution in [0.5, 0.6) is 0 Å². The highest BCUT2D eigenvalue weighted by Crippen LogP contribution is 2.19. The molecule has 0 aliphatic heterocycles. The molecule has 1 amide bonds. The molecule has 0 unspecified atom stereocenters. The molecule has 0 spiro atoms. The lowest BCUT2D eigenvalue weighted by atomic mass is 9.86. The number of carbonyl (C=O) groups excluding carboxylic acids is 1. The van der Waals surface area contributed by atoms with Crippen LogP contribution in [0.1, 0.15) is 32.4 Å². The minimum atomic E-state index is -0.546. The van der Waals surface area contributed by atoms with Gasteiger partial charge in [0.15, 0.2) is 0 Å². The second kappa shape index (κ2) is 6.68. The van der Waals surface area contributed by atoms with Crippen molar-refractivity contribution in [1.82, 2.24) is 5.32 Å². The first-order valence-corrected chi connectivity index (χ1v) is 6.46. The lowest BCUT2D eigenvalue weighted by molar-refractivity contribution is -0.125. The van der Waals surface area contributed by atoms with Crippen molar-refractivity contribution in [2.75, 3.05) is 13.7 Å². The summed E-state index contributed by atoms with van der Waals surface area (Å²) in [5.41, 5.74) is 6.71. The van der Waals surface area contributed by atoms with Gasteiger partial charge >= 0.3 is 0 Å². The SMILES string of the molecule is COC[C@@H](NC(=O)[C@@H](N)C(C)(C)C)c1ccccc1. The van der Waals surface area contributed by atoms with Crippen LogP contribution in [0, 0.1) is 5.41 Å². The fourth-order valence-electron chi connectivity index (χ4n) is 1.73. The standard InChI is InChI=1S/C15H24N2O2/c1-15(2,3)13(16)14(18)17-12(10-19-4)11-8-6-5-7-9-11/h5-9,12-13H,10,16H2,1-4H3,(H,17,18)/t12-,13-/m1/s1. The zero-order chi connectivity index (χ0) is 14.5. The molecule has 3 N–H and O–H groups in total. The van der Waals surface area contributed by atoms with Crippen LogP contribution in [-0.2, 0) is 9.53 Å². The van der Waals surface area contributed by atoms with Gasteiger partial charge in [0, 0.05) is 7.11 Å². The van der Waals surface area contributed by atoms with E-state index in [1.165, 1.54) is 0 Å². The van der Waals surface area contributed by atoms with Crippen molar-refractivity contribution in [3.05, 3.63) is 35.9 Å². The highest BCUT2D eigenvalue weighted by atomic mass is 16.5. The Balaban J connectivity index is 2.77. The number of nitrogens with two attached hydrogens (primary N) is 1. The number of amides is 1. The van der Waals surface area contributed by atoms with Crippen molar-refractivity contribution in [2.45, 2.75) is 32.9 Å². The summed E-state index contributed by atoms with van der Waals surface area (Å²) in [6, 6.07) is 9.03. The van der Waals surface area contributed by atoms with Crippen LogP contribution in [0.3, 0.4) is 0 Å². The molecule has 4 nitrogen and oxygen atoms in total. The Kier molecular flexibility index (Phi) is 5.51. The van der Waals surface area contributed by atoms with Gasteiger partial charge in [-0.05, 0) is 11.0 Å². The van der Waals surface area contributed by atoms with Gasteiger partial charge < -0.3 is 15.8 Å². The molecule has 19 heavy (non-hydrogen) atoms. The van der Waals surface area contributed by atoms with E-state index in [1.807, 2.05) is 51.1 Å². The Morgan fingerprint density at radius 2 is 1.89 bits per heavy atom. The van der Waals surface area contributed by atoms with Crippen LogP contribution in [-0.4, -0.2) is 25.7 Å². The number of carbonyl (C=O) groups is 1. The van der Waals surface area contributed by atoms with Crippen LogP contribution < -0.4 is 11.1 Å². The molecule has 0 saturated carbocycles. The van der Waals surface area contributed by atoms with Crippen LogP contribution in [0.4, 0.5) is 0 Å². The molecule has 106 valence electrons. The molecule has 0 aliphatic rings. The summed E-state index contributed by atoms with van der Waals surface area (Å²) in [6.07, 6.45) is 0. The average Bonchev–Trinajstić information content (AvgIpc) is 2.37. The smallest absolute Gasteiger partial charge is 0.238 e. The molecule has 0 radical (unpaired) electrons. The Bertz CT molecular complexity index is 398. The Morgan fingerprint density at radius 3 is 2.37 bits per heavy atom. The summed E-state index contributed by atoms with van der Waals surface area (Å²) in [5.74, 6) is -0.154. The minimum Gasteiger partial charge on any atom is -0.382 e. The van der Waals surface area contributed by atoms with Crippen LogP contribution in [0.25, 0.3) is 0 Å². The highest BCUT2D eigenvalue weighted by molar-refractivity contribution is 5.82. The van der Waals surface area contributed by atoms with Crippen molar-refractivity contribution in [1.29, 1.82) is 0 Å². The highest BCUT2D eigenvalue weighted by Gasteiger charge is 2.29. The Morgan fingerprint density at radius 1 is 1.32 bits per heavy atom. The number of benzene rings is 1. The molecule has 0 heterocycles. The van der Waals surface area contributed by atoms with Crippen molar-refractivity contribution in [2.24, 2.45) is 11.1 Å². The molecule has 1 aromatic carbocycles. The van der Waals surface area contributed by atoms with Crippen molar-refractivity contribution < 1.29 is 9.53 Å². The van der Waals surface area contributed by atoms with E-state index in [2.05, 4.69) is 5.32 Å². The van der Waals surface area contributed by atoms with Gasteiger partial charge in [0.05, 0.1) is 18.7 Å². The molecular formula is C15H24N2O2. The van der Waals surface area contributed by atoms with Crippen LogP contribution in [0.2, 0.25) is 0 Å². The summed E-state index contributed by atoms with van der Waals surface area (Å²) >= 11 is 0. The van der Waals surface area contributed by atoms with Crippen molar-refractivity contribution >= 4 is 5.91 Å². The second-order valence-electron chi connectivity index (χ2n) is 5.77. The molecular weight excluding hydrogens is 240 g/mol. The van der Waals surface area contributed by atoms with E-state index in [1.54, 1.807) is 7.11 Å². The minimum absolute atomic E-state index is 0.154. The van der Waals surface area contributed by atoms with E-state index >= 15 is 0 Å². The van der Waals surface area contributed by atoms with Gasteiger partial charge in [0.25, 0.3) is 0 Å².